The molecule has 3 rings (SSSR count). The molecule has 50 heavy (non-hydrogen) atoms. The van der Waals surface area contributed by atoms with Crippen LogP contribution in [0.5, 0.6) is 5.75 Å². The Morgan fingerprint density at radius 3 is 1.50 bits per heavy atom. The highest BCUT2D eigenvalue weighted by atomic mass is 28.4. The van der Waals surface area contributed by atoms with Crippen LogP contribution in [0.2, 0.25) is 5.04 Å². The lowest BCUT2D eigenvalue weighted by molar-refractivity contribution is 0.104. The summed E-state index contributed by atoms with van der Waals surface area (Å²) in [6.07, 6.45) is 24.2. The van der Waals surface area contributed by atoms with Gasteiger partial charge in [0.2, 0.25) is 0 Å². The Morgan fingerprint density at radius 1 is 0.540 bits per heavy atom. The summed E-state index contributed by atoms with van der Waals surface area (Å²) in [5.74, 6) is 1.71. The van der Waals surface area contributed by atoms with Gasteiger partial charge >= 0.3 is 0 Å². The molecular weight excluding hydrogens is 629 g/mol. The zero-order valence-electron chi connectivity index (χ0n) is 32.7. The molecule has 0 amide bonds. The lowest BCUT2D eigenvalue weighted by atomic mass is 9.91. The molecule has 0 heterocycles. The second-order valence-electron chi connectivity index (χ2n) is 15.6. The van der Waals surface area contributed by atoms with Crippen LogP contribution in [0.3, 0.4) is 0 Å². The predicted octanol–water partition coefficient (Wildman–Crippen LogP) is 12.4. The quantitative estimate of drug-likeness (QED) is 0.0557. The Hall–Kier alpha value is -2.40. The van der Waals surface area contributed by atoms with Crippen molar-refractivity contribution >= 4 is 18.7 Å². The average molecular weight is 701 g/mol. The van der Waals surface area contributed by atoms with Gasteiger partial charge in [0, 0.05) is 13.2 Å². The summed E-state index contributed by atoms with van der Waals surface area (Å²) in [5, 5.41) is 2.81. The van der Waals surface area contributed by atoms with Crippen LogP contribution in [0.1, 0.15) is 149 Å². The lowest BCUT2D eigenvalue weighted by Gasteiger charge is -2.43. The van der Waals surface area contributed by atoms with Crippen LogP contribution in [0.25, 0.3) is 0 Å². The van der Waals surface area contributed by atoms with Crippen LogP contribution in [-0.4, -0.2) is 28.6 Å². The van der Waals surface area contributed by atoms with E-state index < -0.39 is 8.32 Å². The van der Waals surface area contributed by atoms with Crippen molar-refractivity contribution in [3.8, 4) is 5.75 Å². The summed E-state index contributed by atoms with van der Waals surface area (Å²) in [4.78, 5) is 0. The minimum absolute atomic E-state index is 0.0488. The van der Waals surface area contributed by atoms with Crippen LogP contribution in [0, 0.1) is 5.92 Å². The first-order valence-corrected chi connectivity index (χ1v) is 22.3. The molecule has 0 aliphatic rings. The molecule has 1 unspecified atom stereocenters. The number of hydrogen-bond acceptors (Lipinski definition) is 3. The van der Waals surface area contributed by atoms with Gasteiger partial charge < -0.3 is 13.9 Å². The zero-order chi connectivity index (χ0) is 35.8. The number of unbranched alkanes of at least 4 members (excludes halogenated alkanes) is 13. The maximum absolute atomic E-state index is 7.10. The molecule has 0 aliphatic heterocycles. The van der Waals surface area contributed by atoms with E-state index in [9.17, 15) is 0 Å². The zero-order valence-corrected chi connectivity index (χ0v) is 33.7. The molecule has 3 aromatic rings. The average Bonchev–Trinajstić information content (AvgIpc) is 3.13. The van der Waals surface area contributed by atoms with E-state index in [1.54, 1.807) is 7.11 Å². The molecule has 0 bridgehead atoms. The third-order valence-electron chi connectivity index (χ3n) is 10.6. The van der Waals surface area contributed by atoms with Gasteiger partial charge in [-0.25, -0.2) is 0 Å². The standard InChI is InChI=1S/C46H72O3Si/c1-6-7-8-9-12-15-20-27-41(37-39-48-40-42-33-35-43(47-5)36-34-42)28-21-16-13-10-11-14-17-26-38-49-50(46(2,3)4,44-29-22-18-23-30-44)45-31-24-19-25-32-45/h18-19,22-25,29-36,41H,6-17,20-21,26-28,37-40H2,1-5H3. The molecule has 0 aromatic heterocycles. The molecular formula is C46H72O3Si. The Kier molecular flexibility index (Phi) is 20.8. The molecule has 1 atom stereocenters. The van der Waals surface area contributed by atoms with E-state index in [1.165, 1.54) is 125 Å². The van der Waals surface area contributed by atoms with Gasteiger partial charge in [-0.2, -0.15) is 0 Å². The minimum atomic E-state index is -2.41. The van der Waals surface area contributed by atoms with Crippen molar-refractivity contribution < 1.29 is 13.9 Å². The molecule has 0 spiro atoms. The highest BCUT2D eigenvalue weighted by Crippen LogP contribution is 2.37. The topological polar surface area (TPSA) is 27.7 Å². The Labute approximate surface area is 309 Å². The van der Waals surface area contributed by atoms with Crippen molar-refractivity contribution in [2.75, 3.05) is 20.3 Å². The highest BCUT2D eigenvalue weighted by molar-refractivity contribution is 6.99. The molecule has 0 saturated carbocycles. The summed E-state index contributed by atoms with van der Waals surface area (Å²) in [6, 6.07) is 30.4. The van der Waals surface area contributed by atoms with Gasteiger partial charge in [-0.15, -0.1) is 0 Å². The largest absolute Gasteiger partial charge is 0.497 e. The van der Waals surface area contributed by atoms with Gasteiger partial charge in [0.05, 0.1) is 13.7 Å². The number of methoxy groups -OCH3 is 1. The molecule has 4 heteroatoms. The van der Waals surface area contributed by atoms with Crippen LogP contribution in [-0.2, 0) is 15.8 Å². The second kappa shape index (κ2) is 24.7. The summed E-state index contributed by atoms with van der Waals surface area (Å²) in [5.41, 5.74) is 1.22. The van der Waals surface area contributed by atoms with Crippen LogP contribution >= 0.6 is 0 Å². The van der Waals surface area contributed by atoms with Crippen LogP contribution in [0.4, 0.5) is 0 Å². The molecule has 0 fully saturated rings. The van der Waals surface area contributed by atoms with E-state index in [0.29, 0.717) is 6.61 Å². The predicted molar refractivity (Wildman–Crippen MR) is 218 cm³/mol. The van der Waals surface area contributed by atoms with Gasteiger partial charge in [0.25, 0.3) is 8.32 Å². The Balaban J connectivity index is 1.33. The molecule has 3 aromatic carbocycles. The van der Waals surface area contributed by atoms with Crippen molar-refractivity contribution in [1.82, 2.24) is 0 Å². The Bertz CT molecular complexity index is 1180. The third kappa shape index (κ3) is 15.1. The van der Waals surface area contributed by atoms with E-state index in [0.717, 1.165) is 31.3 Å². The fourth-order valence-electron chi connectivity index (χ4n) is 7.57. The van der Waals surface area contributed by atoms with E-state index in [2.05, 4.69) is 100 Å². The Morgan fingerprint density at radius 2 is 1.02 bits per heavy atom. The molecule has 3 nitrogen and oxygen atoms in total. The van der Waals surface area contributed by atoms with E-state index >= 15 is 0 Å². The number of rotatable bonds is 28. The van der Waals surface area contributed by atoms with Gasteiger partial charge in [-0.3, -0.25) is 0 Å². The lowest BCUT2D eigenvalue weighted by Crippen LogP contribution is -2.66. The van der Waals surface area contributed by atoms with Crippen molar-refractivity contribution in [2.24, 2.45) is 5.92 Å². The third-order valence-corrected chi connectivity index (χ3v) is 15.6. The van der Waals surface area contributed by atoms with Crippen LogP contribution in [0.15, 0.2) is 84.9 Å². The highest BCUT2D eigenvalue weighted by Gasteiger charge is 2.49. The molecule has 0 radical (unpaired) electrons. The van der Waals surface area contributed by atoms with E-state index in [-0.39, 0.29) is 5.04 Å². The first-order valence-electron chi connectivity index (χ1n) is 20.4. The van der Waals surface area contributed by atoms with Crippen LogP contribution < -0.4 is 15.1 Å². The molecule has 278 valence electrons. The first-order chi connectivity index (χ1) is 24.4. The summed E-state index contributed by atoms with van der Waals surface area (Å²) in [6.45, 7) is 11.8. The second-order valence-corrected chi connectivity index (χ2v) is 19.9. The molecule has 0 N–H and O–H groups in total. The molecule has 0 saturated heterocycles. The number of hydrogen-bond donors (Lipinski definition) is 0. The van der Waals surface area contributed by atoms with Gasteiger partial charge in [-0.1, -0.05) is 203 Å². The minimum Gasteiger partial charge on any atom is -0.497 e. The van der Waals surface area contributed by atoms with Gasteiger partial charge in [0.1, 0.15) is 5.75 Å². The summed E-state index contributed by atoms with van der Waals surface area (Å²) < 4.78 is 18.5. The molecule has 0 aliphatic carbocycles. The van der Waals surface area contributed by atoms with Crippen molar-refractivity contribution in [2.45, 2.75) is 155 Å². The smallest absolute Gasteiger partial charge is 0.261 e. The van der Waals surface area contributed by atoms with Gasteiger partial charge in [0.15, 0.2) is 0 Å². The fraction of sp³-hybridized carbons (Fsp3) is 0.609. The maximum Gasteiger partial charge on any atom is 0.261 e. The van der Waals surface area contributed by atoms with E-state index in [4.69, 9.17) is 13.9 Å². The number of ether oxygens (including phenoxy) is 2. The SMILES string of the molecule is CCCCCCCCCC(CCCCCCCCCCO[Si](c1ccccc1)(c1ccccc1)C(C)(C)C)CCOCc1ccc(OC)cc1. The van der Waals surface area contributed by atoms with Crippen molar-refractivity contribution in [3.05, 3.63) is 90.5 Å². The van der Waals surface area contributed by atoms with Gasteiger partial charge in [-0.05, 0) is 51.9 Å². The number of benzene rings is 3. The fourth-order valence-corrected chi connectivity index (χ4v) is 12.2. The first kappa shape index (κ1) is 42.0. The van der Waals surface area contributed by atoms with Crippen molar-refractivity contribution in [3.63, 3.8) is 0 Å². The summed E-state index contributed by atoms with van der Waals surface area (Å²) in [7, 11) is -0.695. The normalized spacial score (nSPS) is 12.7. The monoisotopic (exact) mass is 701 g/mol. The maximum atomic E-state index is 7.10. The van der Waals surface area contributed by atoms with Crippen molar-refractivity contribution in [1.29, 1.82) is 0 Å². The summed E-state index contributed by atoms with van der Waals surface area (Å²) >= 11 is 0. The van der Waals surface area contributed by atoms with E-state index in [1.807, 2.05) is 12.1 Å².